The fourth-order valence-electron chi connectivity index (χ4n) is 3.66. The van der Waals surface area contributed by atoms with E-state index in [4.69, 9.17) is 0 Å². The van der Waals surface area contributed by atoms with Gasteiger partial charge in [0.25, 0.3) is 0 Å². The molecule has 1 fully saturated rings. The Balaban J connectivity index is 1.76. The van der Waals surface area contributed by atoms with Gasteiger partial charge >= 0.3 is 12.2 Å². The molecule has 9 nitrogen and oxygen atoms in total. The van der Waals surface area contributed by atoms with Crippen LogP contribution in [0.25, 0.3) is 0 Å². The molecule has 3 rings (SSSR count). The molecule has 0 radical (unpaired) electrons. The molecule has 1 saturated heterocycles. The largest absolute Gasteiger partial charge is 0.417 e. The lowest BCUT2D eigenvalue weighted by Crippen LogP contribution is -2.50. The Labute approximate surface area is 208 Å². The number of amides is 2. The van der Waals surface area contributed by atoms with Gasteiger partial charge in [-0.25, -0.2) is 26.4 Å². The molecule has 0 unspecified atom stereocenters. The van der Waals surface area contributed by atoms with Crippen LogP contribution in [0.15, 0.2) is 63.2 Å². The molecule has 36 heavy (non-hydrogen) atoms. The van der Waals surface area contributed by atoms with E-state index < -0.39 is 41.4 Å². The molecule has 2 aromatic carbocycles. The Bertz CT molecular complexity index is 1280. The second-order valence-corrected chi connectivity index (χ2v) is 11.8. The van der Waals surface area contributed by atoms with Gasteiger partial charge in [-0.1, -0.05) is 18.2 Å². The summed E-state index contributed by atoms with van der Waals surface area (Å²) in [7, 11) is -7.43. The van der Waals surface area contributed by atoms with Gasteiger partial charge in [-0.3, -0.25) is 0 Å². The average Bonchev–Trinajstić information content (AvgIpc) is 2.86. The first-order valence-electron chi connectivity index (χ1n) is 11.1. The lowest BCUT2D eigenvalue weighted by molar-refractivity contribution is -0.139. The SMILES string of the molecule is CN(CCCNS(=O)(=O)c1cc(S(=O)(=O)c2ccccc2)ccc1C(F)(F)F)C(=O)N1CCNCC1. The number of carbonyl (C=O) groups excluding carboxylic acids is 1. The van der Waals surface area contributed by atoms with Crippen molar-refractivity contribution in [2.24, 2.45) is 0 Å². The highest BCUT2D eigenvalue weighted by Gasteiger charge is 2.38. The van der Waals surface area contributed by atoms with Gasteiger partial charge in [0, 0.05) is 46.3 Å². The van der Waals surface area contributed by atoms with E-state index in [9.17, 15) is 34.8 Å². The fourth-order valence-corrected chi connectivity index (χ4v) is 6.36. The summed E-state index contributed by atoms with van der Waals surface area (Å²) >= 11 is 0. The lowest BCUT2D eigenvalue weighted by atomic mass is 10.2. The second kappa shape index (κ2) is 11.2. The predicted octanol–water partition coefficient (Wildman–Crippen LogP) is 2.16. The van der Waals surface area contributed by atoms with E-state index in [-0.39, 0.29) is 30.4 Å². The minimum Gasteiger partial charge on any atom is -0.328 e. The molecule has 0 spiro atoms. The second-order valence-electron chi connectivity index (χ2n) is 8.16. The fraction of sp³-hybridized carbons (Fsp3) is 0.409. The number of piperazine rings is 1. The van der Waals surface area contributed by atoms with Crippen molar-refractivity contribution in [2.75, 3.05) is 46.3 Å². The van der Waals surface area contributed by atoms with Crippen LogP contribution in [-0.4, -0.2) is 79.0 Å². The van der Waals surface area contributed by atoms with Crippen LogP contribution in [0.1, 0.15) is 12.0 Å². The lowest BCUT2D eigenvalue weighted by Gasteiger charge is -2.31. The molecule has 0 bridgehead atoms. The summed E-state index contributed by atoms with van der Waals surface area (Å²) in [6, 6.07) is 8.46. The van der Waals surface area contributed by atoms with Crippen molar-refractivity contribution < 1.29 is 34.8 Å². The van der Waals surface area contributed by atoms with Gasteiger partial charge in [-0.05, 0) is 36.8 Å². The zero-order valence-electron chi connectivity index (χ0n) is 19.5. The monoisotopic (exact) mass is 548 g/mol. The minimum atomic E-state index is -5.03. The van der Waals surface area contributed by atoms with Crippen LogP contribution in [0, 0.1) is 0 Å². The van der Waals surface area contributed by atoms with E-state index in [0.717, 1.165) is 6.07 Å². The van der Waals surface area contributed by atoms with Crippen molar-refractivity contribution in [2.45, 2.75) is 27.3 Å². The summed E-state index contributed by atoms with van der Waals surface area (Å²) in [5.74, 6) is 0. The van der Waals surface area contributed by atoms with Crippen LogP contribution in [0.5, 0.6) is 0 Å². The van der Waals surface area contributed by atoms with Gasteiger partial charge in [0.2, 0.25) is 19.9 Å². The molecule has 198 valence electrons. The van der Waals surface area contributed by atoms with E-state index in [2.05, 4.69) is 10.0 Å². The molecule has 0 saturated carbocycles. The van der Waals surface area contributed by atoms with Gasteiger partial charge in [0.05, 0.1) is 20.2 Å². The van der Waals surface area contributed by atoms with Gasteiger partial charge in [0.15, 0.2) is 0 Å². The van der Waals surface area contributed by atoms with E-state index in [1.165, 1.54) is 29.2 Å². The molecule has 1 heterocycles. The Morgan fingerprint density at radius 1 is 1.03 bits per heavy atom. The number of hydrogen-bond acceptors (Lipinski definition) is 6. The normalized spacial score (nSPS) is 15.1. The highest BCUT2D eigenvalue weighted by atomic mass is 32.2. The molecule has 2 amide bonds. The van der Waals surface area contributed by atoms with Crippen LogP contribution in [0.2, 0.25) is 0 Å². The van der Waals surface area contributed by atoms with E-state index in [0.29, 0.717) is 38.3 Å². The maximum Gasteiger partial charge on any atom is 0.417 e. The Kier molecular flexibility index (Phi) is 8.64. The Morgan fingerprint density at radius 3 is 2.28 bits per heavy atom. The van der Waals surface area contributed by atoms with E-state index in [1.54, 1.807) is 18.0 Å². The van der Waals surface area contributed by atoms with Gasteiger partial charge in [-0.15, -0.1) is 0 Å². The molecule has 0 atom stereocenters. The zero-order chi connectivity index (χ0) is 26.6. The molecule has 1 aliphatic heterocycles. The summed E-state index contributed by atoms with van der Waals surface area (Å²) in [4.78, 5) is 13.5. The highest BCUT2D eigenvalue weighted by molar-refractivity contribution is 7.91. The molecular weight excluding hydrogens is 521 g/mol. The van der Waals surface area contributed by atoms with Crippen LogP contribution in [-0.2, 0) is 26.0 Å². The number of nitrogens with zero attached hydrogens (tertiary/aromatic N) is 2. The summed E-state index contributed by atoms with van der Waals surface area (Å²) in [5.41, 5.74) is -1.48. The molecule has 2 aromatic rings. The predicted molar refractivity (Wildman–Crippen MR) is 126 cm³/mol. The average molecular weight is 549 g/mol. The third kappa shape index (κ3) is 6.55. The van der Waals surface area contributed by atoms with Crippen molar-refractivity contribution in [1.82, 2.24) is 19.8 Å². The van der Waals surface area contributed by atoms with Gasteiger partial charge < -0.3 is 15.1 Å². The smallest absolute Gasteiger partial charge is 0.328 e. The number of nitrogens with one attached hydrogen (secondary N) is 2. The number of sulfone groups is 1. The number of sulfonamides is 1. The van der Waals surface area contributed by atoms with Crippen LogP contribution in [0.3, 0.4) is 0 Å². The van der Waals surface area contributed by atoms with Crippen molar-refractivity contribution in [1.29, 1.82) is 0 Å². The third-order valence-corrected chi connectivity index (χ3v) is 8.86. The summed E-state index contributed by atoms with van der Waals surface area (Å²) in [5, 5.41) is 3.12. The maximum atomic E-state index is 13.6. The van der Waals surface area contributed by atoms with E-state index in [1.807, 2.05) is 0 Å². The number of alkyl halides is 3. The van der Waals surface area contributed by atoms with Crippen molar-refractivity contribution in [3.05, 3.63) is 54.1 Å². The first kappa shape index (κ1) is 27.9. The molecule has 1 aliphatic rings. The van der Waals surface area contributed by atoms with Crippen LogP contribution < -0.4 is 10.0 Å². The van der Waals surface area contributed by atoms with Gasteiger partial charge in [0.1, 0.15) is 0 Å². The van der Waals surface area contributed by atoms with E-state index >= 15 is 0 Å². The number of halogens is 3. The number of carbonyl (C=O) groups is 1. The third-order valence-electron chi connectivity index (χ3n) is 5.59. The van der Waals surface area contributed by atoms with Crippen molar-refractivity contribution in [3.8, 4) is 0 Å². The Morgan fingerprint density at radius 2 is 1.67 bits per heavy atom. The summed E-state index contributed by atoms with van der Waals surface area (Å²) < 4.78 is 94.3. The molecule has 0 aliphatic carbocycles. The quantitative estimate of drug-likeness (QED) is 0.489. The van der Waals surface area contributed by atoms with Crippen molar-refractivity contribution >= 4 is 25.9 Å². The number of hydrogen-bond donors (Lipinski definition) is 2. The van der Waals surface area contributed by atoms with Crippen LogP contribution >= 0.6 is 0 Å². The van der Waals surface area contributed by atoms with Crippen LogP contribution in [0.4, 0.5) is 18.0 Å². The maximum absolute atomic E-state index is 13.6. The van der Waals surface area contributed by atoms with Crippen molar-refractivity contribution in [3.63, 3.8) is 0 Å². The number of urea groups is 1. The standard InChI is InChI=1S/C22H27F3N4O5S2/c1-28(21(30)29-14-11-26-12-15-29)13-5-10-27-36(33,34)20-16-18(8-9-19(20)22(23,24)25)35(31,32)17-6-3-2-4-7-17/h2-4,6-9,16,26-27H,5,10-15H2,1H3. The number of benzene rings is 2. The molecule has 2 N–H and O–H groups in total. The minimum absolute atomic E-state index is 0.136. The summed E-state index contributed by atoms with van der Waals surface area (Å²) in [6.45, 7) is 2.32. The summed E-state index contributed by atoms with van der Waals surface area (Å²) in [6.07, 6.45) is -4.90. The first-order chi connectivity index (χ1) is 16.8. The topological polar surface area (TPSA) is 116 Å². The Hall–Kier alpha value is -2.68. The molecule has 0 aromatic heterocycles. The molecular formula is C22H27F3N4O5S2. The zero-order valence-corrected chi connectivity index (χ0v) is 21.1. The molecule has 14 heteroatoms. The number of rotatable bonds is 8. The first-order valence-corrected chi connectivity index (χ1v) is 14.0. The highest BCUT2D eigenvalue weighted by Crippen LogP contribution is 2.36. The van der Waals surface area contributed by atoms with Gasteiger partial charge in [-0.2, -0.15) is 13.2 Å².